The van der Waals surface area contributed by atoms with Gasteiger partial charge in [-0.2, -0.15) is 5.10 Å². The maximum atomic E-state index is 6.17. The molecule has 1 aliphatic rings. The summed E-state index contributed by atoms with van der Waals surface area (Å²) in [4.78, 5) is 5.95. The van der Waals surface area contributed by atoms with Crippen LogP contribution in [0.15, 0.2) is 0 Å². The van der Waals surface area contributed by atoms with E-state index in [1.165, 1.54) is 29.7 Å². The van der Waals surface area contributed by atoms with Crippen LogP contribution in [-0.2, 0) is 19.9 Å². The monoisotopic (exact) mass is 248 g/mol. The predicted octanol–water partition coefficient (Wildman–Crippen LogP) is 2.31. The van der Waals surface area contributed by atoms with Gasteiger partial charge in [0, 0.05) is 11.9 Å². The van der Waals surface area contributed by atoms with E-state index in [2.05, 4.69) is 10.1 Å². The molecule has 2 aromatic heterocycles. The normalized spacial score (nSPS) is 14.9. The first-order valence-electron chi connectivity index (χ1n) is 5.95. The Kier molecular flexibility index (Phi) is 2.43. The zero-order chi connectivity index (χ0) is 12.0. The van der Waals surface area contributed by atoms with Gasteiger partial charge in [0.25, 0.3) is 0 Å². The second-order valence-corrected chi connectivity index (χ2v) is 5.69. The quantitative estimate of drug-likeness (QED) is 0.842. The molecule has 2 aromatic rings. The molecule has 0 atom stereocenters. The van der Waals surface area contributed by atoms with Crippen LogP contribution in [0.3, 0.4) is 0 Å². The van der Waals surface area contributed by atoms with Gasteiger partial charge in [0.15, 0.2) is 5.82 Å². The first-order chi connectivity index (χ1) is 8.16. The summed E-state index contributed by atoms with van der Waals surface area (Å²) in [5, 5.41) is 5.21. The van der Waals surface area contributed by atoms with Crippen molar-refractivity contribution in [1.29, 1.82) is 0 Å². The van der Waals surface area contributed by atoms with Crippen molar-refractivity contribution < 1.29 is 0 Å². The van der Waals surface area contributed by atoms with E-state index in [1.807, 2.05) is 18.7 Å². The Bertz CT molecular complexity index is 567. The molecule has 0 amide bonds. The van der Waals surface area contributed by atoms with Gasteiger partial charge >= 0.3 is 0 Å². The molecule has 0 aromatic carbocycles. The largest absolute Gasteiger partial charge is 0.390 e. The Morgan fingerprint density at radius 2 is 2.06 bits per heavy atom. The van der Waals surface area contributed by atoms with E-state index in [9.17, 15) is 0 Å². The van der Waals surface area contributed by atoms with Crippen molar-refractivity contribution >= 4 is 16.3 Å². The number of aryl methyl sites for hydroxylation is 3. The summed E-state index contributed by atoms with van der Waals surface area (Å²) >= 11 is 1.73. The van der Waals surface area contributed by atoms with Crippen LogP contribution >= 0.6 is 11.3 Å². The second kappa shape index (κ2) is 3.84. The lowest BCUT2D eigenvalue weighted by Crippen LogP contribution is -2.02. The summed E-state index contributed by atoms with van der Waals surface area (Å²) in [6.07, 6.45) is 4.84. The Balaban J connectivity index is 2.20. The van der Waals surface area contributed by atoms with Crippen LogP contribution in [0.4, 0.5) is 5.00 Å². The number of aromatic nitrogens is 3. The van der Waals surface area contributed by atoms with Crippen LogP contribution in [0.1, 0.15) is 29.1 Å². The number of thiophene rings is 1. The summed E-state index contributed by atoms with van der Waals surface area (Å²) in [5.41, 5.74) is 8.71. The van der Waals surface area contributed by atoms with Crippen molar-refractivity contribution in [2.24, 2.45) is 7.05 Å². The Morgan fingerprint density at radius 3 is 2.76 bits per heavy atom. The molecule has 0 saturated carbocycles. The molecule has 1 aliphatic carbocycles. The molecule has 90 valence electrons. The average Bonchev–Trinajstić information content (AvgIpc) is 2.77. The third-order valence-corrected chi connectivity index (χ3v) is 4.41. The molecular weight excluding hydrogens is 232 g/mol. The van der Waals surface area contributed by atoms with Crippen molar-refractivity contribution in [3.05, 3.63) is 16.3 Å². The first-order valence-corrected chi connectivity index (χ1v) is 6.76. The highest BCUT2D eigenvalue weighted by Crippen LogP contribution is 2.41. The number of nitrogens with zero attached hydrogens (tertiary/aromatic N) is 3. The minimum Gasteiger partial charge on any atom is -0.390 e. The predicted molar refractivity (Wildman–Crippen MR) is 70.1 cm³/mol. The molecule has 2 heterocycles. The van der Waals surface area contributed by atoms with E-state index in [0.717, 1.165) is 28.6 Å². The lowest BCUT2D eigenvalue weighted by atomic mass is 9.95. The molecule has 2 N–H and O–H groups in total. The van der Waals surface area contributed by atoms with Gasteiger partial charge in [0.05, 0.1) is 10.6 Å². The summed E-state index contributed by atoms with van der Waals surface area (Å²) < 4.78 is 1.84. The zero-order valence-corrected chi connectivity index (χ0v) is 11.0. The topological polar surface area (TPSA) is 56.7 Å². The van der Waals surface area contributed by atoms with E-state index in [1.54, 1.807) is 11.3 Å². The minimum atomic E-state index is 0.803. The SMILES string of the molecule is Cc1nc(-c2c(N)sc3c2CCCC3)n(C)n1. The fraction of sp³-hybridized carbons (Fsp3) is 0.500. The van der Waals surface area contributed by atoms with E-state index >= 15 is 0 Å². The van der Waals surface area contributed by atoms with Crippen molar-refractivity contribution in [1.82, 2.24) is 14.8 Å². The smallest absolute Gasteiger partial charge is 0.161 e. The van der Waals surface area contributed by atoms with Crippen molar-refractivity contribution in [2.45, 2.75) is 32.6 Å². The zero-order valence-electron chi connectivity index (χ0n) is 10.2. The number of rotatable bonds is 1. The van der Waals surface area contributed by atoms with Crippen LogP contribution in [0, 0.1) is 6.92 Å². The second-order valence-electron chi connectivity index (χ2n) is 4.56. The highest BCUT2D eigenvalue weighted by atomic mass is 32.1. The van der Waals surface area contributed by atoms with Crippen molar-refractivity contribution in [2.75, 3.05) is 5.73 Å². The third-order valence-electron chi connectivity index (χ3n) is 3.29. The number of nitrogens with two attached hydrogens (primary N) is 1. The van der Waals surface area contributed by atoms with E-state index in [0.29, 0.717) is 0 Å². The van der Waals surface area contributed by atoms with Gasteiger partial charge in [-0.3, -0.25) is 0 Å². The van der Waals surface area contributed by atoms with Gasteiger partial charge in [-0.1, -0.05) is 0 Å². The molecule has 17 heavy (non-hydrogen) atoms. The van der Waals surface area contributed by atoms with E-state index in [-0.39, 0.29) is 0 Å². The minimum absolute atomic E-state index is 0.803. The number of fused-ring (bicyclic) bond motifs is 1. The summed E-state index contributed by atoms with van der Waals surface area (Å²) in [6.45, 7) is 1.92. The summed E-state index contributed by atoms with van der Waals surface area (Å²) in [5.74, 6) is 1.72. The highest BCUT2D eigenvalue weighted by Gasteiger charge is 2.23. The van der Waals surface area contributed by atoms with Crippen LogP contribution in [0.2, 0.25) is 0 Å². The Hall–Kier alpha value is -1.36. The molecule has 5 heteroatoms. The molecule has 0 unspecified atom stereocenters. The molecule has 0 saturated heterocycles. The molecule has 4 nitrogen and oxygen atoms in total. The fourth-order valence-corrected chi connectivity index (χ4v) is 3.72. The number of anilines is 1. The molecule has 0 bridgehead atoms. The molecule has 3 rings (SSSR count). The van der Waals surface area contributed by atoms with Gasteiger partial charge < -0.3 is 5.73 Å². The standard InChI is InChI=1S/C12H16N4S/c1-7-14-12(16(2)15-7)10-8-5-3-4-6-9(8)17-11(10)13/h3-6,13H2,1-2H3. The van der Waals surface area contributed by atoms with Gasteiger partial charge in [-0.15, -0.1) is 11.3 Å². The van der Waals surface area contributed by atoms with E-state index < -0.39 is 0 Å². The number of hydrogen-bond acceptors (Lipinski definition) is 4. The number of hydrogen-bond donors (Lipinski definition) is 1. The van der Waals surface area contributed by atoms with Gasteiger partial charge in [-0.05, 0) is 38.2 Å². The Morgan fingerprint density at radius 1 is 1.29 bits per heavy atom. The maximum Gasteiger partial charge on any atom is 0.161 e. The average molecular weight is 248 g/mol. The van der Waals surface area contributed by atoms with Gasteiger partial charge in [-0.25, -0.2) is 9.67 Å². The molecular formula is C12H16N4S. The fourth-order valence-electron chi connectivity index (χ4n) is 2.56. The van der Waals surface area contributed by atoms with Crippen LogP contribution in [-0.4, -0.2) is 14.8 Å². The summed E-state index contributed by atoms with van der Waals surface area (Å²) in [7, 11) is 1.93. The lowest BCUT2D eigenvalue weighted by molar-refractivity contribution is 0.696. The molecule has 0 aliphatic heterocycles. The third kappa shape index (κ3) is 1.65. The maximum absolute atomic E-state index is 6.17. The molecule has 0 radical (unpaired) electrons. The number of nitrogen functional groups attached to an aromatic ring is 1. The lowest BCUT2D eigenvalue weighted by Gasteiger charge is -2.12. The van der Waals surface area contributed by atoms with Crippen molar-refractivity contribution in [3.63, 3.8) is 0 Å². The van der Waals surface area contributed by atoms with Crippen LogP contribution in [0.25, 0.3) is 11.4 Å². The van der Waals surface area contributed by atoms with Gasteiger partial charge in [0.1, 0.15) is 5.82 Å². The van der Waals surface area contributed by atoms with Crippen LogP contribution in [0.5, 0.6) is 0 Å². The first kappa shape index (κ1) is 10.8. The van der Waals surface area contributed by atoms with Crippen molar-refractivity contribution in [3.8, 4) is 11.4 Å². The summed E-state index contributed by atoms with van der Waals surface area (Å²) in [6, 6.07) is 0. The highest BCUT2D eigenvalue weighted by molar-refractivity contribution is 7.16. The molecule has 0 fully saturated rings. The van der Waals surface area contributed by atoms with Gasteiger partial charge in [0.2, 0.25) is 0 Å². The van der Waals surface area contributed by atoms with E-state index in [4.69, 9.17) is 5.73 Å². The van der Waals surface area contributed by atoms with Crippen LogP contribution < -0.4 is 5.73 Å². The molecule has 0 spiro atoms. The Labute approximate surface area is 104 Å².